The van der Waals surface area contributed by atoms with Crippen LogP contribution >= 0.6 is 0 Å². The Morgan fingerprint density at radius 2 is 2.05 bits per heavy atom. The van der Waals surface area contributed by atoms with Gasteiger partial charge in [0.05, 0.1) is 17.8 Å². The second-order valence-electron chi connectivity index (χ2n) is 4.56. The molecular formula is C15H14FN3O2. The summed E-state index contributed by atoms with van der Waals surface area (Å²) in [5.41, 5.74) is 6.21. The molecule has 0 spiro atoms. The number of benzene rings is 1. The standard InChI is InChI=1S/C15H14FN3O2/c1-9(10-3-2-4-11(16)7-10)15(21)19-12-5-6-13(14(17)20)18-8-12/h2-9H,1H3,(H2,17,20)(H,19,21). The zero-order valence-electron chi connectivity index (χ0n) is 11.3. The van der Waals surface area contributed by atoms with Crippen LogP contribution in [-0.4, -0.2) is 16.8 Å². The van der Waals surface area contributed by atoms with E-state index in [1.165, 1.54) is 30.5 Å². The maximum Gasteiger partial charge on any atom is 0.267 e. The number of nitrogens with zero attached hydrogens (tertiary/aromatic N) is 1. The fourth-order valence-corrected chi connectivity index (χ4v) is 1.79. The van der Waals surface area contributed by atoms with Gasteiger partial charge in [0, 0.05) is 0 Å². The molecule has 2 rings (SSSR count). The van der Waals surface area contributed by atoms with Crippen LogP contribution in [0.4, 0.5) is 10.1 Å². The monoisotopic (exact) mass is 287 g/mol. The van der Waals surface area contributed by atoms with Gasteiger partial charge in [0.2, 0.25) is 5.91 Å². The Kier molecular flexibility index (Phi) is 4.27. The maximum atomic E-state index is 13.2. The molecule has 6 heteroatoms. The van der Waals surface area contributed by atoms with Crippen LogP contribution in [-0.2, 0) is 4.79 Å². The van der Waals surface area contributed by atoms with Gasteiger partial charge in [-0.3, -0.25) is 9.59 Å². The number of hydrogen-bond donors (Lipinski definition) is 2. The number of rotatable bonds is 4. The summed E-state index contributed by atoms with van der Waals surface area (Å²) in [5, 5.41) is 2.65. The molecule has 1 heterocycles. The number of amides is 2. The number of primary amides is 1. The number of aromatic nitrogens is 1. The third kappa shape index (κ3) is 3.62. The first-order chi connectivity index (χ1) is 9.97. The maximum absolute atomic E-state index is 13.2. The summed E-state index contributed by atoms with van der Waals surface area (Å²) < 4.78 is 13.2. The van der Waals surface area contributed by atoms with Crippen molar-refractivity contribution in [3.8, 4) is 0 Å². The Labute approximate surface area is 121 Å². The molecule has 21 heavy (non-hydrogen) atoms. The minimum Gasteiger partial charge on any atom is -0.364 e. The molecule has 5 nitrogen and oxygen atoms in total. The Morgan fingerprint density at radius 3 is 2.62 bits per heavy atom. The molecule has 1 unspecified atom stereocenters. The molecule has 0 fully saturated rings. The molecule has 0 aliphatic heterocycles. The van der Waals surface area contributed by atoms with Gasteiger partial charge in [0.25, 0.3) is 5.91 Å². The molecule has 2 aromatic rings. The molecule has 1 aromatic heterocycles. The highest BCUT2D eigenvalue weighted by Crippen LogP contribution is 2.18. The predicted octanol–water partition coefficient (Wildman–Crippen LogP) is 2.06. The van der Waals surface area contributed by atoms with E-state index in [4.69, 9.17) is 5.73 Å². The van der Waals surface area contributed by atoms with E-state index in [-0.39, 0.29) is 17.4 Å². The van der Waals surface area contributed by atoms with Crippen molar-refractivity contribution in [2.45, 2.75) is 12.8 Å². The second-order valence-corrected chi connectivity index (χ2v) is 4.56. The van der Waals surface area contributed by atoms with Crippen LogP contribution in [0.5, 0.6) is 0 Å². The van der Waals surface area contributed by atoms with Gasteiger partial charge in [-0.25, -0.2) is 9.37 Å². The molecular weight excluding hydrogens is 273 g/mol. The van der Waals surface area contributed by atoms with Gasteiger partial charge < -0.3 is 11.1 Å². The van der Waals surface area contributed by atoms with Crippen molar-refractivity contribution in [2.75, 3.05) is 5.32 Å². The fraction of sp³-hybridized carbons (Fsp3) is 0.133. The predicted molar refractivity (Wildman–Crippen MR) is 76.2 cm³/mol. The number of carbonyl (C=O) groups excluding carboxylic acids is 2. The highest BCUT2D eigenvalue weighted by atomic mass is 19.1. The van der Waals surface area contributed by atoms with Gasteiger partial charge in [-0.1, -0.05) is 12.1 Å². The lowest BCUT2D eigenvalue weighted by molar-refractivity contribution is -0.117. The highest BCUT2D eigenvalue weighted by Gasteiger charge is 2.16. The van der Waals surface area contributed by atoms with Crippen LogP contribution in [0.1, 0.15) is 28.9 Å². The number of hydrogen-bond acceptors (Lipinski definition) is 3. The topological polar surface area (TPSA) is 85.1 Å². The number of nitrogens with one attached hydrogen (secondary N) is 1. The lowest BCUT2D eigenvalue weighted by Crippen LogP contribution is -2.19. The number of nitrogens with two attached hydrogens (primary N) is 1. The van der Waals surface area contributed by atoms with E-state index < -0.39 is 11.8 Å². The summed E-state index contributed by atoms with van der Waals surface area (Å²) in [4.78, 5) is 26.8. The molecule has 0 radical (unpaired) electrons. The summed E-state index contributed by atoms with van der Waals surface area (Å²) in [6.07, 6.45) is 1.34. The van der Waals surface area contributed by atoms with Gasteiger partial charge in [-0.15, -0.1) is 0 Å². The molecule has 0 aliphatic carbocycles. The van der Waals surface area contributed by atoms with Crippen LogP contribution in [0.15, 0.2) is 42.6 Å². The largest absolute Gasteiger partial charge is 0.364 e. The van der Waals surface area contributed by atoms with Gasteiger partial charge in [0.15, 0.2) is 0 Å². The van der Waals surface area contributed by atoms with Crippen LogP contribution in [0.3, 0.4) is 0 Å². The summed E-state index contributed by atoms with van der Waals surface area (Å²) in [7, 11) is 0. The molecule has 0 saturated carbocycles. The van der Waals surface area contributed by atoms with Crippen molar-refractivity contribution in [2.24, 2.45) is 5.73 Å². The zero-order valence-corrected chi connectivity index (χ0v) is 11.3. The van der Waals surface area contributed by atoms with E-state index in [0.717, 1.165) is 0 Å². The van der Waals surface area contributed by atoms with Crippen LogP contribution < -0.4 is 11.1 Å². The fourth-order valence-electron chi connectivity index (χ4n) is 1.79. The normalized spacial score (nSPS) is 11.7. The van der Waals surface area contributed by atoms with Crippen molar-refractivity contribution < 1.29 is 14.0 Å². The molecule has 3 N–H and O–H groups in total. The summed E-state index contributed by atoms with van der Waals surface area (Å²) in [5.74, 6) is -1.84. The van der Waals surface area contributed by atoms with Crippen LogP contribution in [0.2, 0.25) is 0 Å². The van der Waals surface area contributed by atoms with Gasteiger partial charge in [-0.2, -0.15) is 0 Å². The third-order valence-corrected chi connectivity index (χ3v) is 3.03. The van der Waals surface area contributed by atoms with Crippen LogP contribution in [0, 0.1) is 5.82 Å². The molecule has 1 aromatic carbocycles. The van der Waals surface area contributed by atoms with E-state index in [1.54, 1.807) is 19.1 Å². The van der Waals surface area contributed by atoms with Crippen LogP contribution in [0.25, 0.3) is 0 Å². The first-order valence-electron chi connectivity index (χ1n) is 6.29. The van der Waals surface area contributed by atoms with E-state index >= 15 is 0 Å². The lowest BCUT2D eigenvalue weighted by Gasteiger charge is -2.12. The molecule has 0 aliphatic rings. The van der Waals surface area contributed by atoms with Gasteiger partial charge in [-0.05, 0) is 36.8 Å². The minimum atomic E-state index is -0.638. The summed E-state index contributed by atoms with van der Waals surface area (Å²) in [6, 6.07) is 8.83. The Bertz CT molecular complexity index is 671. The van der Waals surface area contributed by atoms with E-state index in [0.29, 0.717) is 11.3 Å². The lowest BCUT2D eigenvalue weighted by atomic mass is 10.0. The number of halogens is 1. The average Bonchev–Trinajstić information content (AvgIpc) is 2.47. The molecule has 0 bridgehead atoms. The first kappa shape index (κ1) is 14.6. The van der Waals surface area contributed by atoms with E-state index in [1.807, 2.05) is 0 Å². The van der Waals surface area contributed by atoms with Gasteiger partial charge in [0.1, 0.15) is 11.5 Å². The van der Waals surface area contributed by atoms with Gasteiger partial charge >= 0.3 is 0 Å². The van der Waals surface area contributed by atoms with Crippen molar-refractivity contribution in [1.82, 2.24) is 4.98 Å². The van der Waals surface area contributed by atoms with Crippen molar-refractivity contribution >= 4 is 17.5 Å². The smallest absolute Gasteiger partial charge is 0.267 e. The Hall–Kier alpha value is -2.76. The van der Waals surface area contributed by atoms with E-state index in [9.17, 15) is 14.0 Å². The summed E-state index contributed by atoms with van der Waals surface area (Å²) >= 11 is 0. The SMILES string of the molecule is CC(C(=O)Nc1ccc(C(N)=O)nc1)c1cccc(F)c1. The Balaban J connectivity index is 2.08. The highest BCUT2D eigenvalue weighted by molar-refractivity contribution is 5.96. The molecule has 108 valence electrons. The third-order valence-electron chi connectivity index (χ3n) is 3.03. The van der Waals surface area contributed by atoms with Crippen molar-refractivity contribution in [3.05, 3.63) is 59.7 Å². The number of pyridine rings is 1. The first-order valence-corrected chi connectivity index (χ1v) is 6.29. The minimum absolute atomic E-state index is 0.117. The number of carbonyl (C=O) groups is 2. The van der Waals surface area contributed by atoms with Crippen molar-refractivity contribution in [1.29, 1.82) is 0 Å². The Morgan fingerprint density at radius 1 is 1.29 bits per heavy atom. The second kappa shape index (κ2) is 6.13. The zero-order chi connectivity index (χ0) is 15.4. The quantitative estimate of drug-likeness (QED) is 0.902. The van der Waals surface area contributed by atoms with Crippen molar-refractivity contribution in [3.63, 3.8) is 0 Å². The average molecular weight is 287 g/mol. The van der Waals surface area contributed by atoms with E-state index in [2.05, 4.69) is 10.3 Å². The number of anilines is 1. The molecule has 1 atom stereocenters. The summed E-state index contributed by atoms with van der Waals surface area (Å²) in [6.45, 7) is 1.68. The molecule has 2 amide bonds. The molecule has 0 saturated heterocycles.